The van der Waals surface area contributed by atoms with Crippen molar-refractivity contribution in [2.45, 2.75) is 13.0 Å². The first-order valence-corrected chi connectivity index (χ1v) is 4.87. The number of halogens is 2. The molecule has 16 heavy (non-hydrogen) atoms. The molecule has 0 fully saturated rings. The summed E-state index contributed by atoms with van der Waals surface area (Å²) in [6.45, 7) is 1.90. The number of aromatic nitrogens is 2. The largest absolute Gasteiger partial charge is 0.377 e. The molecule has 1 heterocycles. The van der Waals surface area contributed by atoms with Crippen molar-refractivity contribution in [1.82, 2.24) is 10.2 Å². The van der Waals surface area contributed by atoms with Crippen molar-refractivity contribution in [3.05, 3.63) is 47.8 Å². The predicted octanol–water partition coefficient (Wildman–Crippen LogP) is 2.86. The SMILES string of the molecule is CC(Nc1ccc(F)c(F)c1)c1ccn[nH]1. The molecule has 0 saturated heterocycles. The second kappa shape index (κ2) is 4.30. The molecule has 0 radical (unpaired) electrons. The number of aromatic amines is 1. The fourth-order valence-corrected chi connectivity index (χ4v) is 1.42. The lowest BCUT2D eigenvalue weighted by Gasteiger charge is -2.13. The first kappa shape index (κ1) is 10.6. The van der Waals surface area contributed by atoms with Crippen LogP contribution in [0.2, 0.25) is 0 Å². The summed E-state index contributed by atoms with van der Waals surface area (Å²) in [7, 11) is 0. The lowest BCUT2D eigenvalue weighted by atomic mass is 10.2. The topological polar surface area (TPSA) is 40.7 Å². The van der Waals surface area contributed by atoms with E-state index >= 15 is 0 Å². The van der Waals surface area contributed by atoms with Gasteiger partial charge in [0.2, 0.25) is 0 Å². The molecule has 0 amide bonds. The predicted molar refractivity (Wildman–Crippen MR) is 57.0 cm³/mol. The van der Waals surface area contributed by atoms with Gasteiger partial charge >= 0.3 is 0 Å². The second-order valence-electron chi connectivity index (χ2n) is 3.51. The van der Waals surface area contributed by atoms with Gasteiger partial charge in [-0.15, -0.1) is 0 Å². The van der Waals surface area contributed by atoms with Crippen LogP contribution in [0.1, 0.15) is 18.7 Å². The molecule has 0 aliphatic heterocycles. The Morgan fingerprint density at radius 2 is 2.06 bits per heavy atom. The van der Waals surface area contributed by atoms with Gasteiger partial charge in [-0.1, -0.05) is 0 Å². The number of benzene rings is 1. The summed E-state index contributed by atoms with van der Waals surface area (Å²) in [5, 5.41) is 9.65. The molecule has 0 aliphatic rings. The van der Waals surface area contributed by atoms with Crippen molar-refractivity contribution in [2.75, 3.05) is 5.32 Å². The molecule has 0 saturated carbocycles. The van der Waals surface area contributed by atoms with Gasteiger partial charge < -0.3 is 5.32 Å². The minimum atomic E-state index is -0.859. The third-order valence-corrected chi connectivity index (χ3v) is 2.29. The summed E-state index contributed by atoms with van der Waals surface area (Å²) in [6.07, 6.45) is 1.64. The summed E-state index contributed by atoms with van der Waals surface area (Å²) < 4.78 is 25.6. The van der Waals surface area contributed by atoms with Gasteiger partial charge in [-0.25, -0.2) is 8.78 Å². The summed E-state index contributed by atoms with van der Waals surface area (Å²) >= 11 is 0. The van der Waals surface area contributed by atoms with Crippen molar-refractivity contribution in [3.8, 4) is 0 Å². The molecule has 5 heteroatoms. The molecule has 0 aliphatic carbocycles. The highest BCUT2D eigenvalue weighted by atomic mass is 19.2. The van der Waals surface area contributed by atoms with Crippen LogP contribution < -0.4 is 5.32 Å². The van der Waals surface area contributed by atoms with Gasteiger partial charge in [-0.2, -0.15) is 5.10 Å². The van der Waals surface area contributed by atoms with Crippen LogP contribution in [0.5, 0.6) is 0 Å². The molecule has 84 valence electrons. The molecule has 2 aromatic rings. The molecule has 1 atom stereocenters. The summed E-state index contributed by atoms with van der Waals surface area (Å²) in [5.41, 5.74) is 1.41. The number of H-pyrrole nitrogens is 1. The fourth-order valence-electron chi connectivity index (χ4n) is 1.42. The second-order valence-corrected chi connectivity index (χ2v) is 3.51. The van der Waals surface area contributed by atoms with E-state index in [9.17, 15) is 8.78 Å². The van der Waals surface area contributed by atoms with Gasteiger partial charge in [0.15, 0.2) is 11.6 Å². The van der Waals surface area contributed by atoms with E-state index < -0.39 is 11.6 Å². The van der Waals surface area contributed by atoms with E-state index in [-0.39, 0.29) is 6.04 Å². The van der Waals surface area contributed by atoms with Crippen molar-refractivity contribution in [1.29, 1.82) is 0 Å². The van der Waals surface area contributed by atoms with Gasteiger partial charge in [0.25, 0.3) is 0 Å². The van der Waals surface area contributed by atoms with Crippen LogP contribution in [0, 0.1) is 11.6 Å². The first-order valence-electron chi connectivity index (χ1n) is 4.87. The Balaban J connectivity index is 2.12. The van der Waals surface area contributed by atoms with E-state index in [4.69, 9.17) is 0 Å². The monoisotopic (exact) mass is 223 g/mol. The highest BCUT2D eigenvalue weighted by molar-refractivity contribution is 5.45. The molecule has 1 unspecified atom stereocenters. The van der Waals surface area contributed by atoms with E-state index in [1.807, 2.05) is 13.0 Å². The highest BCUT2D eigenvalue weighted by Gasteiger charge is 2.08. The molecule has 3 nitrogen and oxygen atoms in total. The molecule has 0 bridgehead atoms. The maximum atomic E-state index is 12.9. The van der Waals surface area contributed by atoms with E-state index in [1.165, 1.54) is 6.07 Å². The molecular formula is C11H11F2N3. The number of nitrogens with one attached hydrogen (secondary N) is 2. The third kappa shape index (κ3) is 2.18. The molecule has 0 spiro atoms. The van der Waals surface area contributed by atoms with E-state index in [0.717, 1.165) is 17.8 Å². The normalized spacial score (nSPS) is 12.4. The number of anilines is 1. The standard InChI is InChI=1S/C11H11F2N3/c1-7(11-4-5-14-16-11)15-8-2-3-9(12)10(13)6-8/h2-7,15H,1H3,(H,14,16). The Labute approximate surface area is 91.5 Å². The Morgan fingerprint density at radius 1 is 1.25 bits per heavy atom. The molecule has 2 N–H and O–H groups in total. The molecule has 2 rings (SSSR count). The number of hydrogen-bond donors (Lipinski definition) is 2. The number of hydrogen-bond acceptors (Lipinski definition) is 2. The van der Waals surface area contributed by atoms with E-state index in [2.05, 4.69) is 15.5 Å². The van der Waals surface area contributed by atoms with Crippen LogP contribution in [0.3, 0.4) is 0 Å². The van der Waals surface area contributed by atoms with Crippen LogP contribution in [0.15, 0.2) is 30.5 Å². The summed E-state index contributed by atoms with van der Waals surface area (Å²) in [5.74, 6) is -1.71. The zero-order chi connectivity index (χ0) is 11.5. The van der Waals surface area contributed by atoms with E-state index in [0.29, 0.717) is 5.69 Å². The first-order chi connectivity index (χ1) is 7.66. The van der Waals surface area contributed by atoms with Crippen LogP contribution in [-0.2, 0) is 0 Å². The lowest BCUT2D eigenvalue weighted by molar-refractivity contribution is 0.509. The average Bonchev–Trinajstić information content (AvgIpc) is 2.77. The van der Waals surface area contributed by atoms with Crippen LogP contribution >= 0.6 is 0 Å². The Kier molecular flexibility index (Phi) is 2.85. The highest BCUT2D eigenvalue weighted by Crippen LogP contribution is 2.19. The van der Waals surface area contributed by atoms with Gasteiger partial charge in [-0.3, -0.25) is 5.10 Å². The summed E-state index contributed by atoms with van der Waals surface area (Å²) in [4.78, 5) is 0. The van der Waals surface area contributed by atoms with Crippen LogP contribution in [0.4, 0.5) is 14.5 Å². The average molecular weight is 223 g/mol. The Morgan fingerprint density at radius 3 is 2.69 bits per heavy atom. The minimum absolute atomic E-state index is 0.0487. The molecular weight excluding hydrogens is 212 g/mol. The van der Waals surface area contributed by atoms with Gasteiger partial charge in [-0.05, 0) is 25.1 Å². The Bertz CT molecular complexity index is 468. The lowest BCUT2D eigenvalue weighted by Crippen LogP contribution is -2.07. The fraction of sp³-hybridized carbons (Fsp3) is 0.182. The van der Waals surface area contributed by atoms with Crippen LogP contribution in [-0.4, -0.2) is 10.2 Å². The Hall–Kier alpha value is -1.91. The number of nitrogens with zero attached hydrogens (tertiary/aromatic N) is 1. The van der Waals surface area contributed by atoms with Crippen LogP contribution in [0.25, 0.3) is 0 Å². The molecule has 1 aromatic carbocycles. The summed E-state index contributed by atoms with van der Waals surface area (Å²) in [6, 6.07) is 5.48. The zero-order valence-electron chi connectivity index (χ0n) is 8.67. The minimum Gasteiger partial charge on any atom is -0.377 e. The number of rotatable bonds is 3. The quantitative estimate of drug-likeness (QED) is 0.840. The maximum Gasteiger partial charge on any atom is 0.160 e. The smallest absolute Gasteiger partial charge is 0.160 e. The zero-order valence-corrected chi connectivity index (χ0v) is 8.67. The molecule has 1 aromatic heterocycles. The van der Waals surface area contributed by atoms with Crippen molar-refractivity contribution >= 4 is 5.69 Å². The van der Waals surface area contributed by atoms with Gasteiger partial charge in [0.1, 0.15) is 0 Å². The van der Waals surface area contributed by atoms with Gasteiger partial charge in [0, 0.05) is 18.0 Å². The van der Waals surface area contributed by atoms with Crippen molar-refractivity contribution < 1.29 is 8.78 Å². The maximum absolute atomic E-state index is 12.9. The van der Waals surface area contributed by atoms with Crippen molar-refractivity contribution in [3.63, 3.8) is 0 Å². The van der Waals surface area contributed by atoms with Crippen molar-refractivity contribution in [2.24, 2.45) is 0 Å². The third-order valence-electron chi connectivity index (χ3n) is 2.29. The van der Waals surface area contributed by atoms with Gasteiger partial charge in [0.05, 0.1) is 11.7 Å². The van der Waals surface area contributed by atoms with E-state index in [1.54, 1.807) is 6.20 Å².